The summed E-state index contributed by atoms with van der Waals surface area (Å²) in [6.07, 6.45) is 2.25. The van der Waals surface area contributed by atoms with Crippen molar-refractivity contribution in [3.63, 3.8) is 0 Å². The van der Waals surface area contributed by atoms with E-state index in [1.807, 2.05) is 30.3 Å². The van der Waals surface area contributed by atoms with Crippen molar-refractivity contribution in [3.8, 4) is 0 Å². The Hall–Kier alpha value is -1.10. The van der Waals surface area contributed by atoms with E-state index < -0.39 is 6.04 Å². The third kappa shape index (κ3) is 8.37. The molecular weight excluding hydrogens is 300 g/mol. The van der Waals surface area contributed by atoms with Gasteiger partial charge in [-0.1, -0.05) is 44.2 Å². The summed E-state index contributed by atoms with van der Waals surface area (Å²) < 4.78 is 0. The normalized spacial score (nSPS) is 13.3. The van der Waals surface area contributed by atoms with Crippen LogP contribution >= 0.6 is 12.4 Å². The second-order valence-electron chi connectivity index (χ2n) is 6.05. The van der Waals surface area contributed by atoms with Crippen LogP contribution in [0.5, 0.6) is 0 Å². The highest BCUT2D eigenvalue weighted by Gasteiger charge is 2.16. The Bertz CT molecular complexity index is 412. The van der Waals surface area contributed by atoms with Gasteiger partial charge in [-0.05, 0) is 36.7 Å². The molecule has 1 unspecified atom stereocenters. The third-order valence-electron chi connectivity index (χ3n) is 3.54. The minimum Gasteiger partial charge on any atom is -0.396 e. The first-order valence-corrected chi connectivity index (χ1v) is 7.71. The van der Waals surface area contributed by atoms with E-state index in [-0.39, 0.29) is 24.9 Å². The molecule has 1 amide bonds. The molecule has 0 aliphatic rings. The summed E-state index contributed by atoms with van der Waals surface area (Å²) in [5.74, 6) is 0.741. The molecule has 1 aromatic rings. The molecule has 0 bridgehead atoms. The first-order chi connectivity index (χ1) is 10.0. The lowest BCUT2D eigenvalue weighted by Crippen LogP contribution is -2.43. The number of aliphatic hydroxyl groups is 1. The second kappa shape index (κ2) is 11.5. The smallest absolute Gasteiger partial charge is 0.237 e. The number of carbonyl (C=O) groups excluding carboxylic acids is 1. The van der Waals surface area contributed by atoms with Crippen molar-refractivity contribution in [1.29, 1.82) is 0 Å². The van der Waals surface area contributed by atoms with E-state index >= 15 is 0 Å². The summed E-state index contributed by atoms with van der Waals surface area (Å²) >= 11 is 0. The molecule has 4 N–H and O–H groups in total. The van der Waals surface area contributed by atoms with E-state index in [9.17, 15) is 4.79 Å². The molecule has 0 saturated carbocycles. The monoisotopic (exact) mass is 328 g/mol. The maximum atomic E-state index is 12.0. The molecule has 5 heteroatoms. The lowest BCUT2D eigenvalue weighted by atomic mass is 9.94. The fourth-order valence-corrected chi connectivity index (χ4v) is 2.49. The molecule has 0 spiro atoms. The van der Waals surface area contributed by atoms with Gasteiger partial charge in [-0.3, -0.25) is 4.79 Å². The van der Waals surface area contributed by atoms with Crippen LogP contribution in [0.2, 0.25) is 0 Å². The molecule has 4 nitrogen and oxygen atoms in total. The molecule has 0 aromatic heterocycles. The Balaban J connectivity index is 0.00000441. The van der Waals surface area contributed by atoms with Crippen molar-refractivity contribution in [2.24, 2.45) is 17.6 Å². The van der Waals surface area contributed by atoms with Crippen molar-refractivity contribution in [3.05, 3.63) is 35.9 Å². The van der Waals surface area contributed by atoms with Gasteiger partial charge in [0.25, 0.3) is 0 Å². The Kier molecular flexibility index (Phi) is 10.9. The van der Waals surface area contributed by atoms with Crippen LogP contribution in [0.25, 0.3) is 0 Å². The lowest BCUT2D eigenvalue weighted by Gasteiger charge is -2.20. The zero-order valence-electron chi connectivity index (χ0n) is 13.5. The lowest BCUT2D eigenvalue weighted by molar-refractivity contribution is -0.122. The minimum atomic E-state index is -0.527. The van der Waals surface area contributed by atoms with Gasteiger partial charge in [0.1, 0.15) is 0 Å². The Labute approximate surface area is 139 Å². The van der Waals surface area contributed by atoms with Gasteiger partial charge in [0.2, 0.25) is 5.91 Å². The number of aliphatic hydroxyl groups excluding tert-OH is 1. The van der Waals surface area contributed by atoms with Crippen molar-refractivity contribution < 1.29 is 9.90 Å². The number of nitrogens with two attached hydrogens (primary N) is 1. The first kappa shape index (κ1) is 20.9. The van der Waals surface area contributed by atoms with Crippen LogP contribution in [0.1, 0.15) is 32.3 Å². The molecule has 0 radical (unpaired) electrons. The number of hydrogen-bond donors (Lipinski definition) is 3. The number of nitrogens with one attached hydrogen (secondary N) is 1. The fourth-order valence-electron chi connectivity index (χ4n) is 2.49. The van der Waals surface area contributed by atoms with Crippen LogP contribution in [-0.4, -0.2) is 30.2 Å². The van der Waals surface area contributed by atoms with E-state index in [0.717, 1.165) is 12.0 Å². The maximum absolute atomic E-state index is 12.0. The predicted molar refractivity (Wildman–Crippen MR) is 93.0 cm³/mol. The van der Waals surface area contributed by atoms with E-state index in [1.54, 1.807) is 0 Å². The number of benzene rings is 1. The van der Waals surface area contributed by atoms with Gasteiger partial charge in [0, 0.05) is 13.2 Å². The molecule has 0 saturated heterocycles. The van der Waals surface area contributed by atoms with Gasteiger partial charge in [-0.15, -0.1) is 12.4 Å². The van der Waals surface area contributed by atoms with Crippen molar-refractivity contribution in [2.45, 2.75) is 39.2 Å². The molecule has 126 valence electrons. The highest BCUT2D eigenvalue weighted by atomic mass is 35.5. The van der Waals surface area contributed by atoms with Crippen LogP contribution in [0.15, 0.2) is 30.3 Å². The summed E-state index contributed by atoms with van der Waals surface area (Å²) in [6, 6.07) is 9.25. The van der Waals surface area contributed by atoms with E-state index in [2.05, 4.69) is 19.2 Å². The number of rotatable bonds is 9. The predicted octanol–water partition coefficient (Wildman–Crippen LogP) is 2.14. The van der Waals surface area contributed by atoms with E-state index in [0.29, 0.717) is 31.2 Å². The van der Waals surface area contributed by atoms with Gasteiger partial charge < -0.3 is 16.2 Å². The van der Waals surface area contributed by atoms with Crippen LogP contribution in [0, 0.1) is 11.8 Å². The van der Waals surface area contributed by atoms with Crippen molar-refractivity contribution in [1.82, 2.24) is 5.32 Å². The van der Waals surface area contributed by atoms with Gasteiger partial charge in [0.15, 0.2) is 0 Å². The Morgan fingerprint density at radius 3 is 2.45 bits per heavy atom. The summed E-state index contributed by atoms with van der Waals surface area (Å²) in [7, 11) is 0. The zero-order valence-corrected chi connectivity index (χ0v) is 14.3. The van der Waals surface area contributed by atoms with Gasteiger partial charge in [-0.25, -0.2) is 0 Å². The van der Waals surface area contributed by atoms with Crippen LogP contribution in [0.3, 0.4) is 0 Å². The number of hydrogen-bond acceptors (Lipinski definition) is 3. The Morgan fingerprint density at radius 2 is 1.91 bits per heavy atom. The fraction of sp³-hybridized carbons (Fsp3) is 0.588. The van der Waals surface area contributed by atoms with Crippen LogP contribution < -0.4 is 11.1 Å². The van der Waals surface area contributed by atoms with Gasteiger partial charge >= 0.3 is 0 Å². The number of amides is 1. The summed E-state index contributed by atoms with van der Waals surface area (Å²) in [6.45, 7) is 5.03. The molecule has 22 heavy (non-hydrogen) atoms. The standard InChI is InChI=1S/C17H28N2O2.ClH/c1-13(2)10-15(8-9-20)12-19-17(21)16(18)11-14-6-4-3-5-7-14;/h3-7,13,15-16,20H,8-12,18H2,1-2H3,(H,19,21);1H/t15?,16-;/m0./s1. The first-order valence-electron chi connectivity index (χ1n) is 7.71. The molecule has 0 fully saturated rings. The van der Waals surface area contributed by atoms with Crippen molar-refractivity contribution in [2.75, 3.05) is 13.2 Å². The SMILES string of the molecule is CC(C)CC(CCO)CNC(=O)[C@@H](N)Cc1ccccc1.Cl. The highest BCUT2D eigenvalue weighted by molar-refractivity contribution is 5.85. The third-order valence-corrected chi connectivity index (χ3v) is 3.54. The van der Waals surface area contributed by atoms with E-state index in [1.165, 1.54) is 0 Å². The maximum Gasteiger partial charge on any atom is 0.237 e. The van der Waals surface area contributed by atoms with Crippen molar-refractivity contribution >= 4 is 18.3 Å². The largest absolute Gasteiger partial charge is 0.396 e. The highest BCUT2D eigenvalue weighted by Crippen LogP contribution is 2.14. The molecular formula is C17H29ClN2O2. The number of carbonyl (C=O) groups is 1. The Morgan fingerprint density at radius 1 is 1.27 bits per heavy atom. The minimum absolute atomic E-state index is 0. The molecule has 2 atom stereocenters. The average molecular weight is 329 g/mol. The summed E-state index contributed by atoms with van der Waals surface area (Å²) in [4.78, 5) is 12.0. The zero-order chi connectivity index (χ0) is 15.7. The second-order valence-corrected chi connectivity index (χ2v) is 6.05. The molecule has 1 rings (SSSR count). The molecule has 0 heterocycles. The molecule has 0 aliphatic carbocycles. The number of halogens is 1. The van der Waals surface area contributed by atoms with Crippen LogP contribution in [0.4, 0.5) is 0 Å². The summed E-state index contributed by atoms with van der Waals surface area (Å²) in [5, 5.41) is 12.0. The quantitative estimate of drug-likeness (QED) is 0.650. The van der Waals surface area contributed by atoms with Gasteiger partial charge in [-0.2, -0.15) is 0 Å². The van der Waals surface area contributed by atoms with Gasteiger partial charge in [0.05, 0.1) is 6.04 Å². The molecule has 1 aromatic carbocycles. The van der Waals surface area contributed by atoms with Crippen LogP contribution in [-0.2, 0) is 11.2 Å². The topological polar surface area (TPSA) is 75.3 Å². The summed E-state index contributed by atoms with van der Waals surface area (Å²) in [5.41, 5.74) is 7.01. The van der Waals surface area contributed by atoms with E-state index in [4.69, 9.17) is 10.8 Å². The average Bonchev–Trinajstić information content (AvgIpc) is 2.45. The molecule has 0 aliphatic heterocycles.